The summed E-state index contributed by atoms with van der Waals surface area (Å²) in [6.45, 7) is 0. The molecule has 1 aliphatic rings. The second-order valence-corrected chi connectivity index (χ2v) is 8.79. The van der Waals surface area contributed by atoms with Gasteiger partial charge < -0.3 is 10.2 Å². The van der Waals surface area contributed by atoms with Crippen LogP contribution in [0.15, 0.2) is 59.8 Å². The number of pyridine rings is 1. The molecule has 0 aliphatic heterocycles. The molecule has 7 nitrogen and oxygen atoms in total. The Kier molecular flexibility index (Phi) is 5.26. The van der Waals surface area contributed by atoms with Gasteiger partial charge in [-0.1, -0.05) is 12.1 Å². The Morgan fingerprint density at radius 3 is 1.77 bits per heavy atom. The molecular weight excluding hydrogens is 439 g/mol. The summed E-state index contributed by atoms with van der Waals surface area (Å²) in [6, 6.07) is 6.26. The van der Waals surface area contributed by atoms with Crippen molar-refractivity contribution in [2.75, 3.05) is 6.26 Å². The molecule has 0 fully saturated rings. The van der Waals surface area contributed by atoms with Crippen LogP contribution in [0, 0.1) is 5.41 Å². The van der Waals surface area contributed by atoms with Gasteiger partial charge in [-0.15, -0.1) is 0 Å². The average molecular weight is 453 g/mol. The zero-order valence-corrected chi connectivity index (χ0v) is 16.5. The number of aliphatic carboxylic acids is 2. The number of carboxylic acids is 2. The largest absolute Gasteiger partial charge is 0.480 e. The standard InChI is InChI=1S/C20H14F3NO6S/c1-31(29,30)16-7-4-12(10-24-16)15-9-19(17(25)26,18(27)28)8-14(15)11-2-5-13(6-3-11)20(21,22)23/h2-10H,1H3,(H,25,26)(H,27,28). The van der Waals surface area contributed by atoms with Gasteiger partial charge in [0.25, 0.3) is 0 Å². The molecule has 0 atom stereocenters. The smallest absolute Gasteiger partial charge is 0.416 e. The number of halogens is 3. The summed E-state index contributed by atoms with van der Waals surface area (Å²) in [5.74, 6) is -3.39. The highest BCUT2D eigenvalue weighted by molar-refractivity contribution is 7.90. The molecule has 0 saturated heterocycles. The van der Waals surface area contributed by atoms with Gasteiger partial charge >= 0.3 is 18.1 Å². The summed E-state index contributed by atoms with van der Waals surface area (Å²) < 4.78 is 61.8. The third kappa shape index (κ3) is 4.08. The molecule has 3 rings (SSSR count). The van der Waals surface area contributed by atoms with E-state index < -0.39 is 38.9 Å². The van der Waals surface area contributed by atoms with Crippen molar-refractivity contribution in [3.63, 3.8) is 0 Å². The van der Waals surface area contributed by atoms with Gasteiger partial charge in [0.2, 0.25) is 5.41 Å². The van der Waals surface area contributed by atoms with Crippen molar-refractivity contribution >= 4 is 32.9 Å². The van der Waals surface area contributed by atoms with E-state index in [2.05, 4.69) is 4.98 Å². The molecule has 0 saturated carbocycles. The van der Waals surface area contributed by atoms with Crippen molar-refractivity contribution < 1.29 is 41.4 Å². The Morgan fingerprint density at radius 1 is 0.903 bits per heavy atom. The summed E-state index contributed by atoms with van der Waals surface area (Å²) >= 11 is 0. The van der Waals surface area contributed by atoms with E-state index in [1.807, 2.05) is 0 Å². The van der Waals surface area contributed by atoms with Crippen LogP contribution in [0.2, 0.25) is 0 Å². The second-order valence-electron chi connectivity index (χ2n) is 6.83. The van der Waals surface area contributed by atoms with Crippen molar-refractivity contribution in [3.8, 4) is 0 Å². The van der Waals surface area contributed by atoms with Crippen LogP contribution in [0.5, 0.6) is 0 Å². The first-order valence-corrected chi connectivity index (χ1v) is 10.4. The molecule has 0 bridgehead atoms. The van der Waals surface area contributed by atoms with E-state index in [0.717, 1.165) is 54.9 Å². The van der Waals surface area contributed by atoms with Gasteiger partial charge in [0.1, 0.15) is 0 Å². The highest BCUT2D eigenvalue weighted by atomic mass is 32.2. The maximum atomic E-state index is 12.9. The first-order chi connectivity index (χ1) is 14.3. The zero-order chi connectivity index (χ0) is 23.2. The number of alkyl halides is 3. The number of hydrogen-bond donors (Lipinski definition) is 2. The predicted molar refractivity (Wildman–Crippen MR) is 102 cm³/mol. The fraction of sp³-hybridized carbons (Fsp3) is 0.150. The third-order valence-electron chi connectivity index (χ3n) is 4.69. The lowest BCUT2D eigenvalue weighted by molar-refractivity contribution is -0.157. The molecule has 162 valence electrons. The molecule has 1 aromatic heterocycles. The van der Waals surface area contributed by atoms with Crippen LogP contribution in [0.25, 0.3) is 11.1 Å². The van der Waals surface area contributed by atoms with Crippen LogP contribution in [0.3, 0.4) is 0 Å². The number of benzene rings is 1. The average Bonchev–Trinajstić information content (AvgIpc) is 3.09. The minimum Gasteiger partial charge on any atom is -0.480 e. The van der Waals surface area contributed by atoms with Gasteiger partial charge in [0, 0.05) is 18.0 Å². The Hall–Kier alpha value is -3.47. The van der Waals surface area contributed by atoms with E-state index in [9.17, 15) is 41.4 Å². The topological polar surface area (TPSA) is 122 Å². The quantitative estimate of drug-likeness (QED) is 0.667. The van der Waals surface area contributed by atoms with Gasteiger partial charge in [-0.3, -0.25) is 9.59 Å². The van der Waals surface area contributed by atoms with Gasteiger partial charge in [0.05, 0.1) is 5.56 Å². The van der Waals surface area contributed by atoms with Gasteiger partial charge in [-0.05, 0) is 53.1 Å². The number of hydrogen-bond acceptors (Lipinski definition) is 5. The Morgan fingerprint density at radius 2 is 1.39 bits per heavy atom. The maximum Gasteiger partial charge on any atom is 0.416 e. The summed E-state index contributed by atoms with van der Waals surface area (Å²) in [5, 5.41) is 18.9. The maximum absolute atomic E-state index is 12.9. The molecule has 31 heavy (non-hydrogen) atoms. The molecule has 0 spiro atoms. The van der Waals surface area contributed by atoms with E-state index in [4.69, 9.17) is 0 Å². The van der Waals surface area contributed by atoms with Gasteiger partial charge in [-0.25, -0.2) is 13.4 Å². The lowest BCUT2D eigenvalue weighted by atomic mass is 9.89. The van der Waals surface area contributed by atoms with E-state index in [1.165, 1.54) is 6.07 Å². The second kappa shape index (κ2) is 7.34. The summed E-state index contributed by atoms with van der Waals surface area (Å²) in [6.07, 6.45) is -0.641. The molecule has 0 radical (unpaired) electrons. The van der Waals surface area contributed by atoms with E-state index in [0.29, 0.717) is 0 Å². The molecule has 1 heterocycles. The third-order valence-corrected chi connectivity index (χ3v) is 5.69. The van der Waals surface area contributed by atoms with Crippen LogP contribution >= 0.6 is 0 Å². The lowest BCUT2D eigenvalue weighted by Crippen LogP contribution is -2.34. The van der Waals surface area contributed by atoms with Gasteiger partial charge in [0.15, 0.2) is 14.9 Å². The zero-order valence-electron chi connectivity index (χ0n) is 15.7. The highest BCUT2D eigenvalue weighted by Gasteiger charge is 2.47. The summed E-state index contributed by atoms with van der Waals surface area (Å²) in [5.41, 5.74) is -2.89. The normalized spacial score (nSPS) is 15.9. The Labute approximate surface area is 174 Å². The van der Waals surface area contributed by atoms with Gasteiger partial charge in [-0.2, -0.15) is 13.2 Å². The number of rotatable bonds is 5. The molecule has 2 aromatic rings. The summed E-state index contributed by atoms with van der Waals surface area (Å²) in [7, 11) is -3.62. The lowest BCUT2D eigenvalue weighted by Gasteiger charge is -2.13. The van der Waals surface area contributed by atoms with E-state index in [1.54, 1.807) is 0 Å². The first-order valence-electron chi connectivity index (χ1n) is 8.53. The van der Waals surface area contributed by atoms with E-state index >= 15 is 0 Å². The van der Waals surface area contributed by atoms with Crippen molar-refractivity contribution in [2.45, 2.75) is 11.2 Å². The van der Waals surface area contributed by atoms with Crippen molar-refractivity contribution in [3.05, 3.63) is 71.4 Å². The van der Waals surface area contributed by atoms with Crippen LogP contribution < -0.4 is 0 Å². The Balaban J connectivity index is 2.18. The molecule has 0 unspecified atom stereocenters. The van der Waals surface area contributed by atoms with Crippen LogP contribution in [-0.4, -0.2) is 41.8 Å². The monoisotopic (exact) mass is 453 g/mol. The van der Waals surface area contributed by atoms with Crippen LogP contribution in [-0.2, 0) is 25.6 Å². The fourth-order valence-corrected chi connectivity index (χ4v) is 3.63. The fourth-order valence-electron chi connectivity index (χ4n) is 3.07. The predicted octanol–water partition coefficient (Wildman–Crippen LogP) is 3.14. The number of aromatic nitrogens is 1. The Bertz CT molecular complexity index is 1210. The van der Waals surface area contributed by atoms with Crippen molar-refractivity contribution in [2.24, 2.45) is 5.41 Å². The number of sulfone groups is 1. The molecule has 2 N–H and O–H groups in total. The van der Waals surface area contributed by atoms with Crippen LogP contribution in [0.4, 0.5) is 13.2 Å². The molecule has 0 amide bonds. The number of carbonyl (C=O) groups is 2. The number of carboxylic acid groups (broad SMARTS) is 2. The molecule has 1 aromatic carbocycles. The van der Waals surface area contributed by atoms with Crippen LogP contribution in [0.1, 0.15) is 16.7 Å². The molecular formula is C20H14F3NO6S. The van der Waals surface area contributed by atoms with E-state index in [-0.39, 0.29) is 27.3 Å². The summed E-state index contributed by atoms with van der Waals surface area (Å²) in [4.78, 5) is 27.4. The number of allylic oxidation sites excluding steroid dienone is 2. The SMILES string of the molecule is CS(=O)(=O)c1ccc(C2=CC(C(=O)O)(C(=O)O)C=C2c2ccc(C(F)(F)F)cc2)cn1. The minimum absolute atomic E-state index is 0.0624. The first kappa shape index (κ1) is 22.2. The number of nitrogens with zero attached hydrogens (tertiary/aromatic N) is 1. The highest BCUT2D eigenvalue weighted by Crippen LogP contribution is 2.45. The van der Waals surface area contributed by atoms with Crippen molar-refractivity contribution in [1.29, 1.82) is 0 Å². The molecule has 11 heteroatoms. The minimum atomic E-state index is -4.58. The van der Waals surface area contributed by atoms with Crippen molar-refractivity contribution in [1.82, 2.24) is 4.98 Å². The molecule has 1 aliphatic carbocycles.